The maximum Gasteiger partial charge on any atom is 0.201 e. The normalized spacial score (nSPS) is 11.8. The minimum atomic E-state index is -3.58. The van der Waals surface area contributed by atoms with Crippen molar-refractivity contribution in [3.05, 3.63) is 52.1 Å². The standard InChI is InChI=1S/C15H16ClN3O2S2.ClH/c1-18(2)9-11-4-3-5-12(8-11)10-23(20,21)14-13(16)17-15-19(14)6-7-22-15;/h3-8H,9-10H2,1-2H3;1H. The fraction of sp³-hybridized carbons (Fsp3) is 0.267. The van der Waals surface area contributed by atoms with E-state index in [4.69, 9.17) is 11.6 Å². The molecule has 9 heteroatoms. The van der Waals surface area contributed by atoms with E-state index >= 15 is 0 Å². The van der Waals surface area contributed by atoms with Gasteiger partial charge in [-0.1, -0.05) is 35.9 Å². The summed E-state index contributed by atoms with van der Waals surface area (Å²) in [6.45, 7) is 0.760. The molecule has 1 aromatic carbocycles. The Kier molecular flexibility index (Phi) is 5.93. The number of halogens is 2. The van der Waals surface area contributed by atoms with Crippen molar-refractivity contribution in [1.29, 1.82) is 0 Å². The molecule has 2 heterocycles. The molecule has 0 spiro atoms. The minimum absolute atomic E-state index is 0. The van der Waals surface area contributed by atoms with Gasteiger partial charge in [0.15, 0.2) is 15.1 Å². The molecule has 0 bridgehead atoms. The first-order chi connectivity index (χ1) is 10.9. The predicted octanol–water partition coefficient (Wildman–Crippen LogP) is 3.51. The highest BCUT2D eigenvalue weighted by Gasteiger charge is 2.25. The van der Waals surface area contributed by atoms with E-state index in [0.717, 1.165) is 17.7 Å². The lowest BCUT2D eigenvalue weighted by Gasteiger charge is -2.11. The van der Waals surface area contributed by atoms with E-state index in [1.165, 1.54) is 15.7 Å². The van der Waals surface area contributed by atoms with Crippen molar-refractivity contribution in [2.24, 2.45) is 0 Å². The van der Waals surface area contributed by atoms with Gasteiger partial charge in [0.2, 0.25) is 9.84 Å². The molecule has 0 aliphatic heterocycles. The average molecular weight is 406 g/mol. The Morgan fingerprint density at radius 3 is 2.71 bits per heavy atom. The first-order valence-corrected chi connectivity index (χ1v) is 9.84. The van der Waals surface area contributed by atoms with E-state index in [9.17, 15) is 8.42 Å². The summed E-state index contributed by atoms with van der Waals surface area (Å²) in [5.41, 5.74) is 1.81. The van der Waals surface area contributed by atoms with E-state index < -0.39 is 9.84 Å². The summed E-state index contributed by atoms with van der Waals surface area (Å²) in [7, 11) is 0.369. The van der Waals surface area contributed by atoms with E-state index in [2.05, 4.69) is 4.98 Å². The molecule has 0 saturated carbocycles. The second-order valence-corrected chi connectivity index (χ2v) is 8.72. The second-order valence-electron chi connectivity index (χ2n) is 5.58. The number of nitrogens with zero attached hydrogens (tertiary/aromatic N) is 3. The lowest BCUT2D eigenvalue weighted by atomic mass is 10.1. The van der Waals surface area contributed by atoms with Crippen molar-refractivity contribution in [3.63, 3.8) is 0 Å². The maximum atomic E-state index is 12.8. The summed E-state index contributed by atoms with van der Waals surface area (Å²) < 4.78 is 27.1. The first-order valence-electron chi connectivity index (χ1n) is 6.93. The molecular weight excluding hydrogens is 389 g/mol. The fourth-order valence-electron chi connectivity index (χ4n) is 2.49. The highest BCUT2D eigenvalue weighted by molar-refractivity contribution is 7.90. The van der Waals surface area contributed by atoms with Crippen LogP contribution in [0.4, 0.5) is 0 Å². The molecule has 0 fully saturated rings. The lowest BCUT2D eigenvalue weighted by Crippen LogP contribution is -2.12. The summed E-state index contributed by atoms with van der Waals surface area (Å²) >= 11 is 7.40. The Morgan fingerprint density at radius 1 is 1.29 bits per heavy atom. The van der Waals surface area contributed by atoms with E-state index in [-0.39, 0.29) is 28.3 Å². The Balaban J connectivity index is 0.00000208. The van der Waals surface area contributed by atoms with Crippen molar-refractivity contribution < 1.29 is 8.42 Å². The molecule has 0 radical (unpaired) electrons. The number of sulfone groups is 1. The molecule has 0 saturated heterocycles. The molecule has 0 unspecified atom stereocenters. The van der Waals surface area contributed by atoms with Gasteiger partial charge in [0.05, 0.1) is 5.75 Å². The summed E-state index contributed by atoms with van der Waals surface area (Å²) in [6, 6.07) is 7.59. The van der Waals surface area contributed by atoms with Gasteiger partial charge < -0.3 is 4.90 Å². The topological polar surface area (TPSA) is 54.7 Å². The van der Waals surface area contributed by atoms with Crippen LogP contribution < -0.4 is 0 Å². The van der Waals surface area contributed by atoms with Crippen LogP contribution >= 0.6 is 35.3 Å². The number of fused-ring (bicyclic) bond motifs is 1. The van der Waals surface area contributed by atoms with Gasteiger partial charge in [0.1, 0.15) is 0 Å². The van der Waals surface area contributed by atoms with Gasteiger partial charge in [-0.2, -0.15) is 0 Å². The number of thiazole rings is 1. The summed E-state index contributed by atoms with van der Waals surface area (Å²) in [6.07, 6.45) is 1.67. The van der Waals surface area contributed by atoms with E-state index in [1.54, 1.807) is 11.6 Å². The molecule has 5 nitrogen and oxygen atoms in total. The van der Waals surface area contributed by atoms with Crippen molar-refractivity contribution >= 4 is 50.1 Å². The van der Waals surface area contributed by atoms with E-state index in [0.29, 0.717) is 4.96 Å². The first kappa shape index (κ1) is 19.2. The van der Waals surface area contributed by atoms with Gasteiger partial charge in [-0.3, -0.25) is 4.40 Å². The van der Waals surface area contributed by atoms with Crippen LogP contribution in [0.1, 0.15) is 11.1 Å². The highest BCUT2D eigenvalue weighted by Crippen LogP contribution is 2.28. The Morgan fingerprint density at radius 2 is 2.00 bits per heavy atom. The van der Waals surface area contributed by atoms with Gasteiger partial charge in [-0.25, -0.2) is 13.4 Å². The number of hydrogen-bond acceptors (Lipinski definition) is 5. The zero-order valence-electron chi connectivity index (χ0n) is 13.1. The molecule has 0 amide bonds. The molecule has 3 rings (SSSR count). The summed E-state index contributed by atoms with van der Waals surface area (Å²) in [4.78, 5) is 6.72. The van der Waals surface area contributed by atoms with Crippen LogP contribution in [0.15, 0.2) is 40.9 Å². The predicted molar refractivity (Wildman–Crippen MR) is 100 cm³/mol. The van der Waals surface area contributed by atoms with Crippen molar-refractivity contribution in [2.45, 2.75) is 17.3 Å². The Hall–Kier alpha value is -1.12. The van der Waals surface area contributed by atoms with Gasteiger partial charge >= 0.3 is 0 Å². The molecule has 24 heavy (non-hydrogen) atoms. The van der Waals surface area contributed by atoms with Crippen LogP contribution in [0, 0.1) is 0 Å². The molecule has 3 aromatic rings. The van der Waals surface area contributed by atoms with Crippen LogP contribution in [-0.4, -0.2) is 36.8 Å². The van der Waals surface area contributed by atoms with E-state index in [1.807, 2.05) is 43.3 Å². The van der Waals surface area contributed by atoms with Gasteiger partial charge in [0, 0.05) is 18.1 Å². The van der Waals surface area contributed by atoms with Gasteiger partial charge in [0.25, 0.3) is 0 Å². The van der Waals surface area contributed by atoms with Crippen LogP contribution in [0.3, 0.4) is 0 Å². The third-order valence-corrected chi connectivity index (χ3v) is 6.14. The zero-order chi connectivity index (χ0) is 16.6. The Labute approximate surface area is 156 Å². The molecule has 0 aliphatic rings. The molecule has 0 N–H and O–H groups in total. The third-order valence-electron chi connectivity index (χ3n) is 3.32. The van der Waals surface area contributed by atoms with Crippen LogP contribution in [0.25, 0.3) is 4.96 Å². The smallest absolute Gasteiger partial charge is 0.201 e. The lowest BCUT2D eigenvalue weighted by molar-refractivity contribution is 0.402. The van der Waals surface area contributed by atoms with Gasteiger partial charge in [-0.15, -0.1) is 23.7 Å². The van der Waals surface area contributed by atoms with Crippen molar-refractivity contribution in [2.75, 3.05) is 14.1 Å². The largest absolute Gasteiger partial charge is 0.305 e. The quantitative estimate of drug-likeness (QED) is 0.651. The van der Waals surface area contributed by atoms with Crippen molar-refractivity contribution in [1.82, 2.24) is 14.3 Å². The minimum Gasteiger partial charge on any atom is -0.305 e. The monoisotopic (exact) mass is 405 g/mol. The number of benzene rings is 1. The number of aromatic nitrogens is 2. The van der Waals surface area contributed by atoms with Gasteiger partial charge in [-0.05, 0) is 25.2 Å². The summed E-state index contributed by atoms with van der Waals surface area (Å²) in [5.74, 6) is -0.0996. The SMILES string of the molecule is CN(C)Cc1cccc(CS(=O)(=O)c2c(Cl)nc3sccn23)c1.Cl. The second kappa shape index (κ2) is 7.41. The fourth-order valence-corrected chi connectivity index (χ4v) is 5.34. The third kappa shape index (κ3) is 3.92. The van der Waals surface area contributed by atoms with Crippen LogP contribution in [0.2, 0.25) is 5.15 Å². The molecule has 130 valence electrons. The molecule has 0 atom stereocenters. The molecule has 2 aromatic heterocycles. The van der Waals surface area contributed by atoms with Crippen LogP contribution in [-0.2, 0) is 22.1 Å². The molecule has 0 aliphatic carbocycles. The van der Waals surface area contributed by atoms with Crippen LogP contribution in [0.5, 0.6) is 0 Å². The maximum absolute atomic E-state index is 12.8. The zero-order valence-corrected chi connectivity index (χ0v) is 16.3. The number of imidazole rings is 1. The molecular formula is C15H17Cl2N3O2S2. The summed E-state index contributed by atoms with van der Waals surface area (Å²) in [5, 5.41) is 1.88. The number of rotatable bonds is 5. The average Bonchev–Trinajstić information content (AvgIpc) is 2.96. The van der Waals surface area contributed by atoms with Crippen molar-refractivity contribution in [3.8, 4) is 0 Å². The highest BCUT2D eigenvalue weighted by atomic mass is 35.5. The Bertz CT molecular complexity index is 949. The number of hydrogen-bond donors (Lipinski definition) is 0.